The van der Waals surface area contributed by atoms with Gasteiger partial charge in [0.25, 0.3) is 20.2 Å². The number of nitrogens with zero attached hydrogens (tertiary/aromatic N) is 8. The van der Waals surface area contributed by atoms with Crippen LogP contribution in [0.2, 0.25) is 0 Å². The van der Waals surface area contributed by atoms with E-state index in [0.29, 0.717) is 10.2 Å². The van der Waals surface area contributed by atoms with E-state index in [1.165, 1.54) is 43.3 Å². The van der Waals surface area contributed by atoms with Crippen LogP contribution in [-0.2, 0) is 20.2 Å². The van der Waals surface area contributed by atoms with Gasteiger partial charge in [0.15, 0.2) is 11.4 Å². The van der Waals surface area contributed by atoms with Crippen molar-refractivity contribution in [2.75, 3.05) is 33.5 Å². The van der Waals surface area contributed by atoms with Crippen LogP contribution in [0.15, 0.2) is 107 Å². The van der Waals surface area contributed by atoms with Gasteiger partial charge < -0.3 is 44.8 Å². The lowest BCUT2D eigenvalue weighted by atomic mass is 10.1. The summed E-state index contributed by atoms with van der Waals surface area (Å²) in [5.41, 5.74) is -2.65. The summed E-state index contributed by atoms with van der Waals surface area (Å²) in [6.45, 7) is 1.32. The highest BCUT2D eigenvalue weighted by atomic mass is 32.2. The van der Waals surface area contributed by atoms with Crippen LogP contribution in [-0.4, -0.2) is 112 Å². The third kappa shape index (κ3) is 10.5. The van der Waals surface area contributed by atoms with Gasteiger partial charge in [-0.15, -0.1) is 30.7 Å². The van der Waals surface area contributed by atoms with Crippen molar-refractivity contribution in [1.29, 1.82) is 0 Å². The van der Waals surface area contributed by atoms with Gasteiger partial charge >= 0.3 is 11.9 Å². The van der Waals surface area contributed by atoms with E-state index in [9.17, 15) is 66.2 Å². The van der Waals surface area contributed by atoms with Crippen LogP contribution in [0.25, 0.3) is 16.5 Å². The van der Waals surface area contributed by atoms with Crippen LogP contribution in [0.4, 0.5) is 34.1 Å². The average Bonchev–Trinajstić information content (AvgIpc) is 3.61. The Balaban J connectivity index is 1.47. The number of azo groups is 3. The van der Waals surface area contributed by atoms with Gasteiger partial charge in [0.2, 0.25) is 11.6 Å². The zero-order valence-electron chi connectivity index (χ0n) is 34.8. The monoisotopic (exact) mass is 964 g/mol. The molecular weight excluding hydrogens is 929 g/mol. The Morgan fingerprint density at radius 2 is 1.22 bits per heavy atom. The lowest BCUT2D eigenvalue weighted by Crippen LogP contribution is -2.04. The van der Waals surface area contributed by atoms with E-state index in [0.717, 1.165) is 31.4 Å². The molecule has 6 rings (SSSR count). The molecule has 1 heterocycles. The molecule has 67 heavy (non-hydrogen) atoms. The maximum atomic E-state index is 12.7. The van der Waals surface area contributed by atoms with E-state index in [4.69, 9.17) is 14.2 Å². The minimum atomic E-state index is -5.17. The maximum Gasteiger partial charge on any atom is 0.358 e. The van der Waals surface area contributed by atoms with Gasteiger partial charge in [0.1, 0.15) is 68.7 Å². The highest BCUT2D eigenvalue weighted by molar-refractivity contribution is 7.86. The number of rotatable bonds is 18. The van der Waals surface area contributed by atoms with Crippen molar-refractivity contribution in [2.45, 2.75) is 23.6 Å². The summed E-state index contributed by atoms with van der Waals surface area (Å²) in [5, 5.41) is 89.2. The normalized spacial score (nSPS) is 12.2. The number of phenols is 1. The van der Waals surface area contributed by atoms with E-state index in [-0.39, 0.29) is 80.8 Å². The molecule has 0 bridgehead atoms. The zero-order chi connectivity index (χ0) is 49.0. The number of methoxy groups -OCH3 is 1. The summed E-state index contributed by atoms with van der Waals surface area (Å²) < 4.78 is 85.9. The van der Waals surface area contributed by atoms with E-state index in [2.05, 4.69) is 35.8 Å². The average molecular weight is 965 g/mol. The molecule has 0 atom stereocenters. The number of aliphatic hydroxyl groups is 2. The second kappa shape index (κ2) is 19.7. The molecule has 0 aliphatic carbocycles. The molecule has 27 heteroatoms. The molecule has 0 saturated heterocycles. The first-order chi connectivity index (χ1) is 31.7. The number of carboxylic acids is 2. The first kappa shape index (κ1) is 48.5. The molecule has 0 aliphatic rings. The SMILES string of the molecule is COc1cc(S(=O)(=O)O)c(C)cc1N=Nc1c(C(=O)O)nn(-c2ccc3cc(S(=O)(=O)O)c(N=Nc4cc(OCCO)c(N=Nc5c(C)cccc5C(=O)O)cc4OCCO)c(O)c3c2)c1O. The van der Waals surface area contributed by atoms with E-state index in [1.54, 1.807) is 13.0 Å². The number of aromatic nitrogens is 2. The number of aromatic carboxylic acids is 2. The molecule has 5 aromatic carbocycles. The van der Waals surface area contributed by atoms with Crippen molar-refractivity contribution in [3.05, 3.63) is 89.1 Å². The molecule has 0 spiro atoms. The highest BCUT2D eigenvalue weighted by Gasteiger charge is 2.27. The van der Waals surface area contributed by atoms with Crippen LogP contribution in [0.3, 0.4) is 0 Å². The van der Waals surface area contributed by atoms with Crippen LogP contribution in [0.1, 0.15) is 32.0 Å². The van der Waals surface area contributed by atoms with Gasteiger partial charge in [-0.3, -0.25) is 9.11 Å². The van der Waals surface area contributed by atoms with Gasteiger partial charge in [-0.25, -0.2) is 9.59 Å². The molecule has 0 aliphatic heterocycles. The number of carbonyl (C=O) groups is 2. The number of aliphatic hydroxyl groups excluding tert-OH is 2. The number of aromatic hydroxyl groups is 2. The standard InChI is InChI=1S/C40H36N8O17S2/c1-19-5-4-6-23(39(53)54)33(19)44-42-26-16-30(65-12-10-50)27(17-29(26)64-11-9-49)43-45-34-32(67(60,61)62)14-21-7-8-22(15-24(21)37(34)51)48-38(52)35(36(47-48)40(55)56)46-41-25-13-20(2)31(66(57,58)59)18-28(25)63-3/h4-8,13-18,49-52H,9-12H2,1-3H3,(H,53,54)(H,55,56)(H,57,58,59)(H,60,61,62). The van der Waals surface area contributed by atoms with E-state index < -0.39 is 83.9 Å². The second-order valence-corrected chi connectivity index (χ2v) is 16.5. The third-order valence-electron chi connectivity index (χ3n) is 9.33. The number of hydrogen-bond acceptors (Lipinski definition) is 20. The number of ether oxygens (including phenoxy) is 3. The molecule has 350 valence electrons. The smallest absolute Gasteiger partial charge is 0.358 e. The minimum Gasteiger partial charge on any atom is -0.505 e. The van der Waals surface area contributed by atoms with E-state index in [1.807, 2.05) is 0 Å². The van der Waals surface area contributed by atoms with Crippen molar-refractivity contribution in [3.63, 3.8) is 0 Å². The van der Waals surface area contributed by atoms with Gasteiger partial charge in [0, 0.05) is 23.6 Å². The molecule has 8 N–H and O–H groups in total. The molecule has 0 amide bonds. The summed E-state index contributed by atoms with van der Waals surface area (Å²) in [7, 11) is -8.68. The molecule has 0 unspecified atom stereocenters. The second-order valence-electron chi connectivity index (χ2n) is 13.8. The molecule has 0 saturated carbocycles. The lowest BCUT2D eigenvalue weighted by Gasteiger charge is -2.13. The number of phenolic OH excluding ortho intramolecular Hbond substituents is 1. The number of benzene rings is 5. The molecule has 6 aromatic rings. The fourth-order valence-electron chi connectivity index (χ4n) is 6.26. The maximum absolute atomic E-state index is 12.7. The molecule has 25 nitrogen and oxygen atoms in total. The van der Waals surface area contributed by atoms with Crippen molar-refractivity contribution in [3.8, 4) is 34.6 Å². The number of aryl methyl sites for hydroxylation is 2. The van der Waals surface area contributed by atoms with Crippen molar-refractivity contribution in [2.24, 2.45) is 30.7 Å². The summed E-state index contributed by atoms with van der Waals surface area (Å²) in [4.78, 5) is 22.7. The highest BCUT2D eigenvalue weighted by Crippen LogP contribution is 2.46. The largest absolute Gasteiger partial charge is 0.505 e. The quantitative estimate of drug-likeness (QED) is 0.0319. The Labute approximate surface area is 377 Å². The summed E-state index contributed by atoms with van der Waals surface area (Å²) in [6.07, 6.45) is 0. The van der Waals surface area contributed by atoms with Crippen molar-refractivity contribution >= 4 is 77.1 Å². The molecular formula is C40H36N8O17S2. The zero-order valence-corrected chi connectivity index (χ0v) is 36.5. The van der Waals surface area contributed by atoms with Gasteiger partial charge in [-0.2, -0.15) is 26.6 Å². The Kier molecular flexibility index (Phi) is 14.2. The van der Waals surface area contributed by atoms with E-state index >= 15 is 0 Å². The first-order valence-corrected chi connectivity index (χ1v) is 21.8. The third-order valence-corrected chi connectivity index (χ3v) is 11.2. The number of fused-ring (bicyclic) bond motifs is 1. The predicted molar refractivity (Wildman–Crippen MR) is 231 cm³/mol. The fraction of sp³-hybridized carbons (Fsp3) is 0.175. The van der Waals surface area contributed by atoms with Crippen molar-refractivity contribution < 1.29 is 80.4 Å². The number of carboxylic acid groups (broad SMARTS) is 2. The van der Waals surface area contributed by atoms with Crippen molar-refractivity contribution in [1.82, 2.24) is 9.78 Å². The fourth-order valence-corrected chi connectivity index (χ4v) is 7.64. The van der Waals surface area contributed by atoms with Crippen LogP contribution >= 0.6 is 0 Å². The van der Waals surface area contributed by atoms with Gasteiger partial charge in [-0.1, -0.05) is 18.2 Å². The Hall–Kier alpha value is -7.95. The Morgan fingerprint density at radius 3 is 1.76 bits per heavy atom. The summed E-state index contributed by atoms with van der Waals surface area (Å²) >= 11 is 0. The van der Waals surface area contributed by atoms with Gasteiger partial charge in [-0.05, 0) is 60.7 Å². The topological polar surface area (TPSA) is 384 Å². The summed E-state index contributed by atoms with van der Waals surface area (Å²) in [6, 6.07) is 13.5. The van der Waals surface area contributed by atoms with Crippen LogP contribution in [0, 0.1) is 13.8 Å². The van der Waals surface area contributed by atoms with Crippen LogP contribution < -0.4 is 14.2 Å². The predicted octanol–water partition coefficient (Wildman–Crippen LogP) is 6.94. The van der Waals surface area contributed by atoms with Crippen LogP contribution in [0.5, 0.6) is 28.9 Å². The molecule has 0 fully saturated rings. The Bertz CT molecular complexity index is 3280. The number of hydrogen-bond donors (Lipinski definition) is 8. The Morgan fingerprint density at radius 1 is 0.657 bits per heavy atom. The lowest BCUT2D eigenvalue weighted by molar-refractivity contribution is 0.0683. The minimum absolute atomic E-state index is 0.00811. The first-order valence-electron chi connectivity index (χ1n) is 18.9. The molecule has 0 radical (unpaired) electrons. The van der Waals surface area contributed by atoms with Gasteiger partial charge in [0.05, 0.1) is 31.6 Å². The molecule has 1 aromatic heterocycles. The summed E-state index contributed by atoms with van der Waals surface area (Å²) in [5.74, 6) is -5.28.